The van der Waals surface area contributed by atoms with Crippen LogP contribution in [-0.2, 0) is 15.6 Å². The van der Waals surface area contributed by atoms with Gasteiger partial charge in [-0.25, -0.2) is 8.42 Å². The van der Waals surface area contributed by atoms with Crippen molar-refractivity contribution in [3.05, 3.63) is 50.1 Å². The Bertz CT molecular complexity index is 819. The Morgan fingerprint density at radius 1 is 1.33 bits per heavy atom. The number of hydrogen-bond acceptors (Lipinski definition) is 5. The van der Waals surface area contributed by atoms with Crippen LogP contribution in [0.15, 0.2) is 29.3 Å². The minimum Gasteiger partial charge on any atom is -0.358 e. The fourth-order valence-electron chi connectivity index (χ4n) is 1.60. The third-order valence-electron chi connectivity index (χ3n) is 2.49. The topological polar surface area (TPSA) is 95.1 Å². The molecule has 0 amide bonds. The molecule has 0 unspecified atom stereocenters. The Morgan fingerprint density at radius 2 is 2.00 bits per heavy atom. The first-order valence-corrected chi connectivity index (χ1v) is 8.35. The van der Waals surface area contributed by atoms with Crippen LogP contribution in [0.2, 0.25) is 10.0 Å². The predicted octanol–water partition coefficient (Wildman–Crippen LogP) is 3.07. The Labute approximate surface area is 133 Å². The maximum atomic E-state index is 11.3. The lowest BCUT2D eigenvalue weighted by Gasteiger charge is -2.02. The lowest BCUT2D eigenvalue weighted by molar-refractivity contribution is -0.392. The quantitative estimate of drug-likeness (QED) is 0.468. The summed E-state index contributed by atoms with van der Waals surface area (Å²) in [5.74, 6) is -0.838. The molecule has 2 rings (SSSR count). The van der Waals surface area contributed by atoms with Gasteiger partial charge in [-0.05, 0) is 22.6 Å². The van der Waals surface area contributed by atoms with Crippen LogP contribution < -0.4 is 0 Å². The molecular formula is C10H6Cl3N3O4S. The van der Waals surface area contributed by atoms with Gasteiger partial charge in [0, 0.05) is 20.7 Å². The average Bonchev–Trinajstić information content (AvgIpc) is 2.77. The van der Waals surface area contributed by atoms with Gasteiger partial charge in [-0.2, -0.15) is 4.68 Å². The van der Waals surface area contributed by atoms with Gasteiger partial charge < -0.3 is 10.1 Å². The summed E-state index contributed by atoms with van der Waals surface area (Å²) in [5, 5.41) is 15.2. The van der Waals surface area contributed by atoms with Gasteiger partial charge in [0.1, 0.15) is 0 Å². The van der Waals surface area contributed by atoms with Crippen LogP contribution in [0.4, 0.5) is 5.82 Å². The van der Waals surface area contributed by atoms with Crippen molar-refractivity contribution in [1.29, 1.82) is 0 Å². The number of nitrogens with zero attached hydrogens (tertiary/aromatic N) is 3. The summed E-state index contributed by atoms with van der Waals surface area (Å²) < 4.78 is 23.7. The van der Waals surface area contributed by atoms with Gasteiger partial charge in [0.15, 0.2) is 0 Å². The normalized spacial score (nSPS) is 11.6. The van der Waals surface area contributed by atoms with Crippen LogP contribution in [-0.4, -0.2) is 23.1 Å². The SMILES string of the molecule is O=[N+]([O-])c1nn(Cc2ccc(Cl)cc2Cl)cc1S(=O)(=O)Cl. The first-order chi connectivity index (χ1) is 9.68. The Kier molecular flexibility index (Phi) is 4.43. The fraction of sp³-hybridized carbons (Fsp3) is 0.100. The second-order valence-corrected chi connectivity index (χ2v) is 7.32. The lowest BCUT2D eigenvalue weighted by Crippen LogP contribution is -2.01. The average molecular weight is 371 g/mol. The van der Waals surface area contributed by atoms with E-state index in [1.807, 2.05) is 0 Å². The summed E-state index contributed by atoms with van der Waals surface area (Å²) in [7, 11) is 0.873. The molecule has 0 spiro atoms. The van der Waals surface area contributed by atoms with E-state index < -0.39 is 24.7 Å². The van der Waals surface area contributed by atoms with Crippen molar-refractivity contribution in [3.63, 3.8) is 0 Å². The van der Waals surface area contributed by atoms with Crippen molar-refractivity contribution in [1.82, 2.24) is 9.78 Å². The van der Waals surface area contributed by atoms with Crippen LogP contribution in [0.3, 0.4) is 0 Å². The maximum absolute atomic E-state index is 11.3. The Hall–Kier alpha value is -1.35. The van der Waals surface area contributed by atoms with E-state index in [-0.39, 0.29) is 6.54 Å². The predicted molar refractivity (Wildman–Crippen MR) is 77.5 cm³/mol. The zero-order valence-corrected chi connectivity index (χ0v) is 13.1. The first-order valence-electron chi connectivity index (χ1n) is 5.29. The molecule has 0 radical (unpaired) electrons. The van der Waals surface area contributed by atoms with Crippen molar-refractivity contribution >= 4 is 48.8 Å². The van der Waals surface area contributed by atoms with E-state index in [4.69, 9.17) is 33.9 Å². The van der Waals surface area contributed by atoms with Gasteiger partial charge in [0.05, 0.1) is 17.8 Å². The molecule has 0 aliphatic rings. The summed E-state index contributed by atoms with van der Waals surface area (Å²) in [6.45, 7) is 0.0310. The van der Waals surface area contributed by atoms with E-state index in [2.05, 4.69) is 5.10 Å². The molecule has 0 saturated carbocycles. The number of aromatic nitrogens is 2. The molecule has 7 nitrogen and oxygen atoms in total. The molecule has 2 aromatic rings. The first kappa shape index (κ1) is 16.0. The van der Waals surface area contributed by atoms with Gasteiger partial charge in [-0.1, -0.05) is 29.3 Å². The molecule has 112 valence electrons. The molecule has 0 aliphatic heterocycles. The monoisotopic (exact) mass is 369 g/mol. The summed E-state index contributed by atoms with van der Waals surface area (Å²) >= 11 is 11.7. The van der Waals surface area contributed by atoms with E-state index in [1.54, 1.807) is 12.1 Å². The second kappa shape index (κ2) is 5.80. The highest BCUT2D eigenvalue weighted by atomic mass is 35.7. The summed E-state index contributed by atoms with van der Waals surface area (Å²) in [6, 6.07) is 4.68. The standard InChI is InChI=1S/C10H6Cl3N3O4S/c11-7-2-1-6(8(12)3-7)4-15-5-9(21(13,19)20)10(14-15)16(17)18/h1-3,5H,4H2. The largest absolute Gasteiger partial charge is 0.410 e. The van der Waals surface area contributed by atoms with Gasteiger partial charge in [-0.3, -0.25) is 0 Å². The molecule has 1 heterocycles. The molecule has 1 aromatic carbocycles. The molecule has 0 bridgehead atoms. The molecule has 0 atom stereocenters. The highest BCUT2D eigenvalue weighted by Gasteiger charge is 2.30. The van der Waals surface area contributed by atoms with Crippen LogP contribution in [0.5, 0.6) is 0 Å². The Morgan fingerprint density at radius 3 is 2.48 bits per heavy atom. The van der Waals surface area contributed by atoms with Crippen LogP contribution in [0.1, 0.15) is 5.56 Å². The van der Waals surface area contributed by atoms with E-state index >= 15 is 0 Å². The van der Waals surface area contributed by atoms with E-state index in [0.29, 0.717) is 15.6 Å². The second-order valence-electron chi connectivity index (χ2n) is 3.95. The third kappa shape index (κ3) is 3.65. The van der Waals surface area contributed by atoms with Gasteiger partial charge in [0.25, 0.3) is 9.05 Å². The fourth-order valence-corrected chi connectivity index (χ4v) is 2.97. The lowest BCUT2D eigenvalue weighted by atomic mass is 10.2. The number of benzene rings is 1. The minimum atomic E-state index is -4.27. The summed E-state index contributed by atoms with van der Waals surface area (Å²) in [4.78, 5) is 9.22. The van der Waals surface area contributed by atoms with Crippen molar-refractivity contribution in [2.45, 2.75) is 11.4 Å². The zero-order chi connectivity index (χ0) is 15.8. The van der Waals surface area contributed by atoms with Crippen molar-refractivity contribution in [3.8, 4) is 0 Å². The molecule has 21 heavy (non-hydrogen) atoms. The summed E-state index contributed by atoms with van der Waals surface area (Å²) in [5.41, 5.74) is 0.567. The third-order valence-corrected chi connectivity index (χ3v) is 4.39. The molecule has 0 aliphatic carbocycles. The number of hydrogen-bond donors (Lipinski definition) is 0. The van der Waals surface area contributed by atoms with Crippen molar-refractivity contribution in [2.24, 2.45) is 0 Å². The van der Waals surface area contributed by atoms with E-state index in [1.165, 1.54) is 6.07 Å². The summed E-state index contributed by atoms with van der Waals surface area (Å²) in [6.07, 6.45) is 0.978. The van der Waals surface area contributed by atoms with Crippen LogP contribution >= 0.6 is 33.9 Å². The van der Waals surface area contributed by atoms with Gasteiger partial charge in [-0.15, -0.1) is 0 Å². The Balaban J connectivity index is 2.44. The molecule has 0 saturated heterocycles. The highest BCUT2D eigenvalue weighted by molar-refractivity contribution is 8.13. The van der Waals surface area contributed by atoms with Crippen LogP contribution in [0, 0.1) is 10.1 Å². The minimum absolute atomic E-state index is 0.0310. The molecular weight excluding hydrogens is 365 g/mol. The van der Waals surface area contributed by atoms with E-state index in [9.17, 15) is 18.5 Å². The van der Waals surface area contributed by atoms with Crippen LogP contribution in [0.25, 0.3) is 0 Å². The smallest absolute Gasteiger partial charge is 0.358 e. The molecule has 1 aromatic heterocycles. The van der Waals surface area contributed by atoms with E-state index in [0.717, 1.165) is 10.9 Å². The molecule has 11 heteroatoms. The number of halogens is 3. The zero-order valence-electron chi connectivity index (χ0n) is 10.0. The maximum Gasteiger partial charge on any atom is 0.410 e. The highest BCUT2D eigenvalue weighted by Crippen LogP contribution is 2.27. The van der Waals surface area contributed by atoms with Gasteiger partial charge >= 0.3 is 5.82 Å². The van der Waals surface area contributed by atoms with Crippen molar-refractivity contribution < 1.29 is 13.3 Å². The molecule has 0 N–H and O–H groups in total. The van der Waals surface area contributed by atoms with Crippen molar-refractivity contribution in [2.75, 3.05) is 0 Å². The molecule has 0 fully saturated rings. The number of rotatable bonds is 4. The van der Waals surface area contributed by atoms with Gasteiger partial charge in [0.2, 0.25) is 4.90 Å². The number of nitro groups is 1.